The first-order chi connectivity index (χ1) is 19.5. The van der Waals surface area contributed by atoms with E-state index in [-0.39, 0.29) is 17.4 Å². The van der Waals surface area contributed by atoms with Gasteiger partial charge in [-0.1, -0.05) is 71.8 Å². The molecule has 0 saturated carbocycles. The van der Waals surface area contributed by atoms with Gasteiger partial charge in [-0.05, 0) is 56.9 Å². The molecule has 0 fully saturated rings. The van der Waals surface area contributed by atoms with Crippen LogP contribution in [0.5, 0.6) is 0 Å². The number of pyridine rings is 1. The Morgan fingerprint density at radius 2 is 1.78 bits per heavy atom. The highest BCUT2D eigenvalue weighted by molar-refractivity contribution is 7.10. The highest BCUT2D eigenvalue weighted by Gasteiger charge is 2.32. The van der Waals surface area contributed by atoms with E-state index in [9.17, 15) is 22.8 Å². The molecule has 0 atom stereocenters. The Balaban J connectivity index is 0.000000458. The number of carbonyl (C=O) groups excluding carboxylic acids is 2. The first-order valence-corrected chi connectivity index (χ1v) is 14.8. The van der Waals surface area contributed by atoms with Crippen molar-refractivity contribution in [3.63, 3.8) is 0 Å². The lowest BCUT2D eigenvalue weighted by Crippen LogP contribution is -2.23. The van der Waals surface area contributed by atoms with Crippen LogP contribution >= 0.6 is 11.3 Å². The molecule has 41 heavy (non-hydrogen) atoms. The predicted octanol–water partition coefficient (Wildman–Crippen LogP) is 9.30. The summed E-state index contributed by atoms with van der Waals surface area (Å²) in [6.07, 6.45) is 8.13. The second kappa shape index (κ2) is 18.1. The SMILES string of the molecule is CC(=O)c1cnn2ccccc12.CCC.C\C=C(/C=C(\C=C\CC)C(F)(F)F)NC(=O)c1csc(CC)c1CCC. The molecule has 0 aliphatic carbocycles. The molecule has 3 aromatic rings. The molecule has 0 aliphatic heterocycles. The van der Waals surface area contributed by atoms with Crippen molar-refractivity contribution in [2.24, 2.45) is 0 Å². The molecule has 224 valence electrons. The minimum atomic E-state index is -4.48. The van der Waals surface area contributed by atoms with Gasteiger partial charge in [0.15, 0.2) is 5.78 Å². The smallest absolute Gasteiger partial charge is 0.322 e. The molecule has 5 nitrogen and oxygen atoms in total. The van der Waals surface area contributed by atoms with Crippen molar-refractivity contribution in [3.05, 3.63) is 93.1 Å². The highest BCUT2D eigenvalue weighted by Crippen LogP contribution is 2.28. The largest absolute Gasteiger partial charge is 0.416 e. The number of rotatable bonds is 9. The average Bonchev–Trinajstić information content (AvgIpc) is 3.55. The Hall–Kier alpha value is -3.46. The van der Waals surface area contributed by atoms with E-state index in [1.54, 1.807) is 36.9 Å². The molecule has 1 amide bonds. The van der Waals surface area contributed by atoms with Crippen molar-refractivity contribution < 1.29 is 22.8 Å². The third kappa shape index (κ3) is 11.1. The van der Waals surface area contributed by atoms with Gasteiger partial charge in [-0.3, -0.25) is 9.59 Å². The number of aryl methyl sites for hydroxylation is 1. The monoisotopic (exact) mass is 589 g/mol. The van der Waals surface area contributed by atoms with Gasteiger partial charge in [-0.2, -0.15) is 18.3 Å². The van der Waals surface area contributed by atoms with Gasteiger partial charge in [0.2, 0.25) is 0 Å². The Morgan fingerprint density at radius 1 is 1.10 bits per heavy atom. The van der Waals surface area contributed by atoms with Crippen molar-refractivity contribution >= 4 is 28.5 Å². The molecule has 0 saturated heterocycles. The van der Waals surface area contributed by atoms with Gasteiger partial charge in [0.05, 0.1) is 28.4 Å². The van der Waals surface area contributed by atoms with Gasteiger partial charge in [0.1, 0.15) is 0 Å². The molecule has 0 spiro atoms. The van der Waals surface area contributed by atoms with Crippen LogP contribution in [0.1, 0.15) is 98.9 Å². The lowest BCUT2D eigenvalue weighted by atomic mass is 10.0. The average molecular weight is 590 g/mol. The van der Waals surface area contributed by atoms with Gasteiger partial charge in [0.25, 0.3) is 5.91 Å². The Labute approximate surface area is 245 Å². The van der Waals surface area contributed by atoms with Crippen molar-refractivity contribution in [3.8, 4) is 0 Å². The number of Topliss-reactive ketones (excluding diaryl/α,β-unsaturated/α-hetero) is 1. The van der Waals surface area contributed by atoms with Crippen LogP contribution < -0.4 is 5.32 Å². The lowest BCUT2D eigenvalue weighted by molar-refractivity contribution is -0.0882. The van der Waals surface area contributed by atoms with Gasteiger partial charge >= 0.3 is 6.18 Å². The van der Waals surface area contributed by atoms with Gasteiger partial charge in [0, 0.05) is 22.2 Å². The molecular formula is C32H42F3N3O2S. The maximum Gasteiger partial charge on any atom is 0.416 e. The van der Waals surface area contributed by atoms with Gasteiger partial charge in [-0.25, -0.2) is 4.52 Å². The molecule has 0 radical (unpaired) electrons. The summed E-state index contributed by atoms with van der Waals surface area (Å²) in [6, 6.07) is 5.65. The zero-order valence-electron chi connectivity index (χ0n) is 25.1. The van der Waals surface area contributed by atoms with E-state index in [1.807, 2.05) is 38.2 Å². The predicted molar refractivity (Wildman–Crippen MR) is 164 cm³/mol. The van der Waals surface area contributed by atoms with E-state index in [0.29, 0.717) is 17.5 Å². The maximum atomic E-state index is 13.2. The topological polar surface area (TPSA) is 63.5 Å². The Morgan fingerprint density at radius 3 is 2.32 bits per heavy atom. The first kappa shape index (κ1) is 35.6. The molecule has 1 N–H and O–H groups in total. The summed E-state index contributed by atoms with van der Waals surface area (Å²) >= 11 is 1.52. The fourth-order valence-electron chi connectivity index (χ4n) is 3.67. The second-order valence-electron chi connectivity index (χ2n) is 9.11. The molecular weight excluding hydrogens is 547 g/mol. The first-order valence-electron chi connectivity index (χ1n) is 13.9. The molecule has 9 heteroatoms. The zero-order valence-corrected chi connectivity index (χ0v) is 25.9. The van der Waals surface area contributed by atoms with Crippen LogP contribution in [0.25, 0.3) is 5.52 Å². The number of nitrogens with zero attached hydrogens (tertiary/aromatic N) is 2. The van der Waals surface area contributed by atoms with Crippen LogP contribution in [0.4, 0.5) is 13.2 Å². The Bertz CT molecular complexity index is 1350. The fraction of sp³-hybridized carbons (Fsp3) is 0.406. The standard InChI is InChI=1S/C20H26F3NOS.C9H8N2O.C3H8/c1-5-9-11-14(20(21,22)23)12-15(7-3)24-19(25)17-13-26-18(8-4)16(17)10-6-2;1-7(12)8-6-10-11-5-3-2-4-9(8)11;1-3-2/h7,9,11-13H,5-6,8,10H2,1-4H3,(H,24,25);2-6H,1H3;3H2,1-2H3/b11-9+,14-12+,15-7+;;. The number of alkyl halides is 3. The third-order valence-corrected chi connectivity index (χ3v) is 6.77. The van der Waals surface area contributed by atoms with E-state index in [2.05, 4.69) is 24.3 Å². The van der Waals surface area contributed by atoms with Crippen molar-refractivity contribution in [2.45, 2.75) is 86.7 Å². The number of allylic oxidation sites excluding steroid dienone is 5. The third-order valence-electron chi connectivity index (χ3n) is 5.59. The fourth-order valence-corrected chi connectivity index (χ4v) is 4.70. The van der Waals surface area contributed by atoms with Gasteiger partial charge in [-0.15, -0.1) is 11.3 Å². The Kier molecular flexibility index (Phi) is 15.7. The number of ketones is 1. The molecule has 3 aromatic heterocycles. The summed E-state index contributed by atoms with van der Waals surface area (Å²) in [5, 5.41) is 8.44. The van der Waals surface area contributed by atoms with Crippen LogP contribution in [0.2, 0.25) is 0 Å². The summed E-state index contributed by atoms with van der Waals surface area (Å²) in [7, 11) is 0. The summed E-state index contributed by atoms with van der Waals surface area (Å²) < 4.78 is 41.2. The lowest BCUT2D eigenvalue weighted by Gasteiger charge is -2.11. The number of fused-ring (bicyclic) bond motifs is 1. The van der Waals surface area contributed by atoms with Crippen molar-refractivity contribution in [2.75, 3.05) is 0 Å². The van der Waals surface area contributed by atoms with Gasteiger partial charge < -0.3 is 5.32 Å². The van der Waals surface area contributed by atoms with Crippen LogP contribution in [0, 0.1) is 0 Å². The molecule has 0 unspecified atom stereocenters. The molecule has 3 heterocycles. The van der Waals surface area contributed by atoms with E-state index in [0.717, 1.165) is 47.4 Å². The summed E-state index contributed by atoms with van der Waals surface area (Å²) in [6.45, 7) is 13.2. The number of hydrogen-bond acceptors (Lipinski definition) is 4. The van der Waals surface area contributed by atoms with Crippen molar-refractivity contribution in [1.82, 2.24) is 14.9 Å². The minimum absolute atomic E-state index is 0.0520. The van der Waals surface area contributed by atoms with Crippen LogP contribution in [-0.4, -0.2) is 27.5 Å². The quantitative estimate of drug-likeness (QED) is 0.200. The zero-order chi connectivity index (χ0) is 31.0. The summed E-state index contributed by atoms with van der Waals surface area (Å²) in [5.41, 5.74) is 2.44. The summed E-state index contributed by atoms with van der Waals surface area (Å²) in [4.78, 5) is 24.8. The molecule has 0 bridgehead atoms. The normalized spacial score (nSPS) is 12.0. The van der Waals surface area contributed by atoms with Crippen molar-refractivity contribution in [1.29, 1.82) is 0 Å². The van der Waals surface area contributed by atoms with Crippen LogP contribution in [0.3, 0.4) is 0 Å². The molecule has 3 rings (SSSR count). The second-order valence-corrected chi connectivity index (χ2v) is 10.1. The van der Waals surface area contributed by atoms with Crippen LogP contribution in [-0.2, 0) is 12.8 Å². The van der Waals surface area contributed by atoms with E-state index in [1.165, 1.54) is 29.9 Å². The molecule has 0 aromatic carbocycles. The molecule has 0 aliphatic rings. The number of nitrogens with one attached hydrogen (secondary N) is 1. The number of carbonyl (C=O) groups is 2. The van der Waals surface area contributed by atoms with E-state index >= 15 is 0 Å². The number of amides is 1. The highest BCUT2D eigenvalue weighted by atomic mass is 32.1. The number of hydrogen-bond donors (Lipinski definition) is 1. The van der Waals surface area contributed by atoms with E-state index < -0.39 is 11.7 Å². The number of thiophene rings is 1. The van der Waals surface area contributed by atoms with Crippen LogP contribution in [0.15, 0.2) is 71.5 Å². The number of halogens is 3. The van der Waals surface area contributed by atoms with E-state index in [4.69, 9.17) is 0 Å². The number of aromatic nitrogens is 2. The maximum absolute atomic E-state index is 13.2. The minimum Gasteiger partial charge on any atom is -0.322 e. The summed E-state index contributed by atoms with van der Waals surface area (Å²) in [5.74, 6) is -0.314.